The first-order valence-electron chi connectivity index (χ1n) is 11.7. The molecule has 3 heterocycles. The van der Waals surface area contributed by atoms with Gasteiger partial charge in [-0.2, -0.15) is 5.10 Å². The molecule has 5 rings (SSSR count). The molecule has 8 heteroatoms. The molecule has 1 atom stereocenters. The highest BCUT2D eigenvalue weighted by atomic mass is 16.5. The molecular formula is C27H27N5O3. The summed E-state index contributed by atoms with van der Waals surface area (Å²) in [6.07, 6.45) is 6.16. The molecule has 0 saturated carbocycles. The number of amides is 2. The minimum Gasteiger partial charge on any atom is -0.379 e. The lowest BCUT2D eigenvalue weighted by Gasteiger charge is -2.25. The number of rotatable bonds is 5. The van der Waals surface area contributed by atoms with Crippen LogP contribution in [0.4, 0.5) is 5.69 Å². The second-order valence-electron chi connectivity index (χ2n) is 8.83. The number of anilines is 1. The van der Waals surface area contributed by atoms with Gasteiger partial charge in [0.05, 0.1) is 24.5 Å². The van der Waals surface area contributed by atoms with Crippen molar-refractivity contribution in [2.75, 3.05) is 31.6 Å². The number of ether oxygens (including phenoxy) is 1. The number of benzene rings is 2. The third kappa shape index (κ3) is 5.22. The number of aryl methyl sites for hydroxylation is 1. The van der Waals surface area contributed by atoms with Gasteiger partial charge in [-0.25, -0.2) is 0 Å². The van der Waals surface area contributed by atoms with Crippen molar-refractivity contribution in [2.24, 2.45) is 13.0 Å². The zero-order valence-electron chi connectivity index (χ0n) is 19.6. The van der Waals surface area contributed by atoms with Gasteiger partial charge in [-0.3, -0.25) is 19.3 Å². The van der Waals surface area contributed by atoms with E-state index < -0.39 is 0 Å². The van der Waals surface area contributed by atoms with E-state index in [-0.39, 0.29) is 17.7 Å². The second kappa shape index (κ2) is 10.1. The Morgan fingerprint density at radius 2 is 2.00 bits per heavy atom. The summed E-state index contributed by atoms with van der Waals surface area (Å²) in [6.45, 7) is 2.14. The highest BCUT2D eigenvalue weighted by Crippen LogP contribution is 2.22. The van der Waals surface area contributed by atoms with Crippen LogP contribution in [-0.4, -0.2) is 57.8 Å². The van der Waals surface area contributed by atoms with Crippen LogP contribution in [0, 0.1) is 5.92 Å². The molecule has 1 N–H and O–H groups in total. The first-order chi connectivity index (χ1) is 17.1. The third-order valence-corrected chi connectivity index (χ3v) is 6.21. The van der Waals surface area contributed by atoms with Crippen LogP contribution in [0.3, 0.4) is 0 Å². The van der Waals surface area contributed by atoms with Crippen molar-refractivity contribution in [3.63, 3.8) is 0 Å². The summed E-state index contributed by atoms with van der Waals surface area (Å²) in [6, 6.07) is 17.1. The van der Waals surface area contributed by atoms with Gasteiger partial charge in [0.25, 0.3) is 11.8 Å². The number of nitrogens with one attached hydrogen (secondary N) is 1. The fourth-order valence-corrected chi connectivity index (χ4v) is 4.45. The molecule has 1 saturated heterocycles. The molecule has 178 valence electrons. The Hall–Kier alpha value is -4.04. The van der Waals surface area contributed by atoms with E-state index >= 15 is 0 Å². The number of carbonyl (C=O) groups is 2. The Bertz CT molecular complexity index is 1370. The molecule has 0 radical (unpaired) electrons. The van der Waals surface area contributed by atoms with E-state index in [9.17, 15) is 9.59 Å². The predicted octanol–water partition coefficient (Wildman–Crippen LogP) is 3.55. The molecule has 0 bridgehead atoms. The van der Waals surface area contributed by atoms with E-state index in [1.165, 1.54) is 5.56 Å². The Morgan fingerprint density at radius 1 is 1.11 bits per heavy atom. The molecule has 1 fully saturated rings. The Morgan fingerprint density at radius 3 is 2.86 bits per heavy atom. The lowest BCUT2D eigenvalue weighted by molar-refractivity contribution is 0.0738. The summed E-state index contributed by atoms with van der Waals surface area (Å²) >= 11 is 0. The molecule has 0 unspecified atom stereocenters. The highest BCUT2D eigenvalue weighted by molar-refractivity contribution is 6.08. The quantitative estimate of drug-likeness (QED) is 0.483. The predicted molar refractivity (Wildman–Crippen MR) is 133 cm³/mol. The molecule has 2 amide bonds. The Labute approximate surface area is 203 Å². The minimum atomic E-state index is -0.353. The molecule has 8 nitrogen and oxygen atoms in total. The molecule has 1 aliphatic rings. The number of hydrogen-bond donors (Lipinski definition) is 1. The Balaban J connectivity index is 1.31. The number of fused-ring (bicyclic) bond motifs is 1. The molecule has 2 aromatic heterocycles. The molecule has 2 aromatic carbocycles. The van der Waals surface area contributed by atoms with E-state index in [2.05, 4.69) is 33.6 Å². The fraction of sp³-hybridized carbons (Fsp3) is 0.259. The van der Waals surface area contributed by atoms with E-state index in [1.807, 2.05) is 17.2 Å². The van der Waals surface area contributed by atoms with E-state index in [0.29, 0.717) is 43.2 Å². The maximum absolute atomic E-state index is 13.6. The van der Waals surface area contributed by atoms with Crippen molar-refractivity contribution in [3.8, 4) is 0 Å². The summed E-state index contributed by atoms with van der Waals surface area (Å²) < 4.78 is 7.42. The van der Waals surface area contributed by atoms with Gasteiger partial charge in [0.1, 0.15) is 0 Å². The minimum absolute atomic E-state index is 0.125. The van der Waals surface area contributed by atoms with Crippen molar-refractivity contribution in [2.45, 2.75) is 6.42 Å². The maximum atomic E-state index is 13.6. The van der Waals surface area contributed by atoms with Gasteiger partial charge in [0.2, 0.25) is 0 Å². The van der Waals surface area contributed by atoms with Crippen molar-refractivity contribution >= 4 is 28.3 Å². The topological polar surface area (TPSA) is 89.4 Å². The van der Waals surface area contributed by atoms with Gasteiger partial charge in [0.15, 0.2) is 5.69 Å². The molecule has 4 aromatic rings. The molecule has 0 aliphatic carbocycles. The average molecular weight is 470 g/mol. The summed E-state index contributed by atoms with van der Waals surface area (Å²) in [5.41, 5.74) is 2.41. The number of nitrogens with zero attached hydrogens (tertiary/aromatic N) is 4. The van der Waals surface area contributed by atoms with Crippen molar-refractivity contribution in [1.82, 2.24) is 19.7 Å². The van der Waals surface area contributed by atoms with E-state index in [1.54, 1.807) is 54.5 Å². The van der Waals surface area contributed by atoms with E-state index in [4.69, 9.17) is 4.74 Å². The molecule has 1 aliphatic heterocycles. The molecule has 0 spiro atoms. The van der Waals surface area contributed by atoms with Gasteiger partial charge in [-0.15, -0.1) is 0 Å². The monoisotopic (exact) mass is 469 g/mol. The number of aromatic nitrogens is 3. The molecule has 35 heavy (non-hydrogen) atoms. The number of hydrogen-bond acceptors (Lipinski definition) is 5. The van der Waals surface area contributed by atoms with Crippen LogP contribution in [0.1, 0.15) is 26.4 Å². The maximum Gasteiger partial charge on any atom is 0.276 e. The summed E-state index contributed by atoms with van der Waals surface area (Å²) in [7, 11) is 1.75. The largest absolute Gasteiger partial charge is 0.379 e. The first-order valence-corrected chi connectivity index (χ1v) is 11.7. The highest BCUT2D eigenvalue weighted by Gasteiger charge is 2.26. The van der Waals surface area contributed by atoms with E-state index in [0.717, 1.165) is 17.2 Å². The lowest BCUT2D eigenvalue weighted by Crippen LogP contribution is -2.37. The number of pyridine rings is 1. The zero-order valence-corrected chi connectivity index (χ0v) is 19.6. The third-order valence-electron chi connectivity index (χ3n) is 6.21. The fourth-order valence-electron chi connectivity index (χ4n) is 4.45. The second-order valence-corrected chi connectivity index (χ2v) is 8.83. The Kier molecular flexibility index (Phi) is 6.54. The van der Waals surface area contributed by atoms with Gasteiger partial charge in [-0.05, 0) is 47.7 Å². The van der Waals surface area contributed by atoms with Crippen molar-refractivity contribution in [3.05, 3.63) is 90.0 Å². The van der Waals surface area contributed by atoms with Crippen LogP contribution in [0.25, 0.3) is 10.8 Å². The van der Waals surface area contributed by atoms with Crippen LogP contribution >= 0.6 is 0 Å². The van der Waals surface area contributed by atoms with Gasteiger partial charge < -0.3 is 15.0 Å². The van der Waals surface area contributed by atoms with Crippen molar-refractivity contribution in [1.29, 1.82) is 0 Å². The first kappa shape index (κ1) is 22.7. The lowest BCUT2D eigenvalue weighted by atomic mass is 9.97. The average Bonchev–Trinajstić information content (AvgIpc) is 3.18. The van der Waals surface area contributed by atoms with Crippen LogP contribution < -0.4 is 5.32 Å². The van der Waals surface area contributed by atoms with Gasteiger partial charge in [0, 0.05) is 50.0 Å². The van der Waals surface area contributed by atoms with Crippen LogP contribution in [0.15, 0.2) is 73.2 Å². The summed E-state index contributed by atoms with van der Waals surface area (Å²) in [5.74, 6) is -0.320. The summed E-state index contributed by atoms with van der Waals surface area (Å²) in [4.78, 5) is 32.3. The standard InChI is InChI=1S/C27H27N5O3/c1-31-11-9-25(30-31)26(33)29-24-5-3-2-4-23(24)27(34)32-12-13-35-18-20(17-32)14-19-6-7-21-8-10-28-16-22(21)15-19/h2-11,15-16,20H,12-14,17-18H2,1H3,(H,29,33)/t20-/m0/s1. The van der Waals surface area contributed by atoms with Gasteiger partial charge in [-0.1, -0.05) is 24.3 Å². The normalized spacial score (nSPS) is 16.1. The number of para-hydroxylation sites is 1. The number of carbonyl (C=O) groups excluding carboxylic acids is 2. The summed E-state index contributed by atoms with van der Waals surface area (Å²) in [5, 5.41) is 9.24. The molecular weight excluding hydrogens is 442 g/mol. The smallest absolute Gasteiger partial charge is 0.276 e. The SMILES string of the molecule is Cn1ccc(C(=O)Nc2ccccc2C(=O)N2CCOC[C@@H](Cc3ccc4ccncc4c3)C2)n1. The van der Waals surface area contributed by atoms with Crippen LogP contribution in [0.5, 0.6) is 0 Å². The zero-order chi connectivity index (χ0) is 24.2. The van der Waals surface area contributed by atoms with Crippen molar-refractivity contribution < 1.29 is 14.3 Å². The van der Waals surface area contributed by atoms with Gasteiger partial charge >= 0.3 is 0 Å². The van der Waals surface area contributed by atoms with Crippen LogP contribution in [-0.2, 0) is 18.2 Å². The van der Waals surface area contributed by atoms with Crippen LogP contribution in [0.2, 0.25) is 0 Å².